The van der Waals surface area contributed by atoms with Gasteiger partial charge in [-0.2, -0.15) is 13.2 Å². The Morgan fingerprint density at radius 3 is 2.58 bits per heavy atom. The Hall–Kier alpha value is -2.54. The van der Waals surface area contributed by atoms with Crippen LogP contribution in [0.15, 0.2) is 42.5 Å². The molecule has 0 aromatic heterocycles. The standard InChI is InChI=1S/C26H30F3NO3/c1-17-4-9-21(10-5-17)33-23-11-8-20-7-6-19(13-22(20)25(23)26(27,28)29)16-30-12-2-3-18(15-30)14-24(31)32/h6-8,11,13,18,21H,1-5,9-10,12,14-16H2,(H,31,32)/t18-/m1/s1. The lowest BCUT2D eigenvalue weighted by Crippen LogP contribution is -2.35. The van der Waals surface area contributed by atoms with Gasteiger partial charge in [0.1, 0.15) is 11.3 Å². The van der Waals surface area contributed by atoms with Crippen molar-refractivity contribution in [2.24, 2.45) is 5.92 Å². The number of hydrogen-bond acceptors (Lipinski definition) is 3. The highest BCUT2D eigenvalue weighted by molar-refractivity contribution is 5.89. The highest BCUT2D eigenvalue weighted by Crippen LogP contribution is 2.43. The van der Waals surface area contributed by atoms with Gasteiger partial charge >= 0.3 is 12.1 Å². The Morgan fingerprint density at radius 2 is 1.88 bits per heavy atom. The summed E-state index contributed by atoms with van der Waals surface area (Å²) in [5.74, 6) is -0.838. The van der Waals surface area contributed by atoms with Crippen LogP contribution >= 0.6 is 0 Å². The van der Waals surface area contributed by atoms with Crippen LogP contribution in [0.3, 0.4) is 0 Å². The number of carbonyl (C=O) groups is 1. The number of allylic oxidation sites excluding steroid dienone is 1. The van der Waals surface area contributed by atoms with E-state index in [9.17, 15) is 18.0 Å². The fraction of sp³-hybridized carbons (Fsp3) is 0.500. The van der Waals surface area contributed by atoms with E-state index in [4.69, 9.17) is 9.84 Å². The summed E-state index contributed by atoms with van der Waals surface area (Å²) in [6.45, 7) is 5.92. The minimum Gasteiger partial charge on any atom is -0.490 e. The second-order valence-corrected chi connectivity index (χ2v) is 9.40. The lowest BCUT2D eigenvalue weighted by atomic mass is 9.93. The van der Waals surface area contributed by atoms with E-state index >= 15 is 0 Å². The molecule has 1 N–H and O–H groups in total. The zero-order chi connectivity index (χ0) is 23.6. The molecule has 0 unspecified atom stereocenters. The maximum Gasteiger partial charge on any atom is 0.420 e. The number of nitrogens with zero attached hydrogens (tertiary/aromatic N) is 1. The number of alkyl halides is 3. The highest BCUT2D eigenvalue weighted by Gasteiger charge is 2.37. The van der Waals surface area contributed by atoms with E-state index in [2.05, 4.69) is 11.5 Å². The second kappa shape index (κ2) is 9.75. The summed E-state index contributed by atoms with van der Waals surface area (Å²) in [6, 6.07) is 8.34. The first-order chi connectivity index (χ1) is 15.7. The molecule has 2 aliphatic rings. The summed E-state index contributed by atoms with van der Waals surface area (Å²) in [5, 5.41) is 9.76. The van der Waals surface area contributed by atoms with Crippen molar-refractivity contribution in [3.8, 4) is 5.75 Å². The van der Waals surface area contributed by atoms with Gasteiger partial charge < -0.3 is 9.84 Å². The van der Waals surface area contributed by atoms with E-state index < -0.39 is 17.7 Å². The molecule has 0 bridgehead atoms. The van der Waals surface area contributed by atoms with Crippen molar-refractivity contribution in [2.75, 3.05) is 13.1 Å². The summed E-state index contributed by atoms with van der Waals surface area (Å²) < 4.78 is 48.5. The minimum atomic E-state index is -4.54. The Morgan fingerprint density at radius 1 is 1.15 bits per heavy atom. The van der Waals surface area contributed by atoms with Crippen LogP contribution in [0.5, 0.6) is 5.75 Å². The summed E-state index contributed by atoms with van der Waals surface area (Å²) in [7, 11) is 0. The molecule has 1 atom stereocenters. The zero-order valence-corrected chi connectivity index (χ0v) is 18.7. The molecule has 0 amide bonds. The minimum absolute atomic E-state index is 0.0778. The number of fused-ring (bicyclic) bond motifs is 1. The van der Waals surface area contributed by atoms with Crippen LogP contribution in [0.1, 0.15) is 56.1 Å². The second-order valence-electron chi connectivity index (χ2n) is 9.40. The van der Waals surface area contributed by atoms with E-state index in [0.29, 0.717) is 31.3 Å². The van der Waals surface area contributed by atoms with Crippen molar-refractivity contribution >= 4 is 16.7 Å². The number of piperidine rings is 1. The van der Waals surface area contributed by atoms with Crippen LogP contribution in [0.2, 0.25) is 0 Å². The smallest absolute Gasteiger partial charge is 0.420 e. The monoisotopic (exact) mass is 461 g/mol. The summed E-state index contributed by atoms with van der Waals surface area (Å²) in [5.41, 5.74) is 1.20. The lowest BCUT2D eigenvalue weighted by Gasteiger charge is -2.32. The maximum absolute atomic E-state index is 14.2. The predicted octanol–water partition coefficient (Wildman–Crippen LogP) is 6.42. The number of ether oxygens (including phenoxy) is 1. The van der Waals surface area contributed by atoms with E-state index in [1.54, 1.807) is 18.2 Å². The van der Waals surface area contributed by atoms with Crippen molar-refractivity contribution < 1.29 is 27.8 Å². The van der Waals surface area contributed by atoms with Gasteiger partial charge in [-0.05, 0) is 79.5 Å². The highest BCUT2D eigenvalue weighted by atomic mass is 19.4. The fourth-order valence-corrected chi connectivity index (χ4v) is 5.10. The van der Waals surface area contributed by atoms with Gasteiger partial charge in [0.05, 0.1) is 6.10 Å². The maximum atomic E-state index is 14.2. The van der Waals surface area contributed by atoms with Crippen LogP contribution in [0.25, 0.3) is 10.8 Å². The third-order valence-corrected chi connectivity index (χ3v) is 6.74. The van der Waals surface area contributed by atoms with Gasteiger partial charge in [-0.25, -0.2) is 0 Å². The van der Waals surface area contributed by atoms with Gasteiger partial charge in [-0.1, -0.05) is 30.4 Å². The molecule has 33 heavy (non-hydrogen) atoms. The number of carboxylic acid groups (broad SMARTS) is 1. The van der Waals surface area contributed by atoms with Gasteiger partial charge in [0.2, 0.25) is 0 Å². The van der Waals surface area contributed by atoms with Crippen LogP contribution < -0.4 is 4.74 Å². The van der Waals surface area contributed by atoms with E-state index in [-0.39, 0.29) is 29.6 Å². The summed E-state index contributed by atoms with van der Waals surface area (Å²) in [4.78, 5) is 13.2. The van der Waals surface area contributed by atoms with Gasteiger partial charge in [0.25, 0.3) is 0 Å². The summed E-state index contributed by atoms with van der Waals surface area (Å²) >= 11 is 0. The van der Waals surface area contributed by atoms with Crippen molar-refractivity contribution in [3.63, 3.8) is 0 Å². The lowest BCUT2D eigenvalue weighted by molar-refractivity contribution is -0.139. The number of carboxylic acids is 1. The number of likely N-dealkylation sites (tertiary alicyclic amines) is 1. The molecule has 0 radical (unpaired) electrons. The SMILES string of the molecule is C=C1CCC(Oc2ccc3ccc(CN4CCC[C@H](CC(=O)O)C4)cc3c2C(F)(F)F)CC1. The molecule has 2 aromatic rings. The number of halogens is 3. The molecule has 178 valence electrons. The third kappa shape index (κ3) is 5.88. The average Bonchev–Trinajstić information content (AvgIpc) is 2.74. The van der Waals surface area contributed by atoms with Crippen LogP contribution in [-0.2, 0) is 17.5 Å². The van der Waals surface area contributed by atoms with Crippen molar-refractivity contribution in [1.29, 1.82) is 0 Å². The van der Waals surface area contributed by atoms with Gasteiger partial charge in [0, 0.05) is 19.5 Å². The van der Waals surface area contributed by atoms with Gasteiger partial charge in [-0.15, -0.1) is 0 Å². The topological polar surface area (TPSA) is 49.8 Å². The third-order valence-electron chi connectivity index (χ3n) is 6.74. The first-order valence-electron chi connectivity index (χ1n) is 11.6. The van der Waals surface area contributed by atoms with Crippen LogP contribution in [0.4, 0.5) is 13.2 Å². The number of rotatable bonds is 6. The van der Waals surface area contributed by atoms with E-state index in [0.717, 1.165) is 43.4 Å². The first kappa shape index (κ1) is 23.6. The zero-order valence-electron chi connectivity index (χ0n) is 18.7. The Bertz CT molecular complexity index is 1020. The van der Waals surface area contributed by atoms with Crippen LogP contribution in [-0.4, -0.2) is 35.2 Å². The molecular weight excluding hydrogens is 431 g/mol. The molecule has 0 spiro atoms. The Labute approximate surface area is 192 Å². The molecule has 7 heteroatoms. The molecule has 1 saturated carbocycles. The first-order valence-corrected chi connectivity index (χ1v) is 11.6. The van der Waals surface area contributed by atoms with Crippen molar-refractivity contribution in [2.45, 2.75) is 63.8 Å². The van der Waals surface area contributed by atoms with Crippen molar-refractivity contribution in [1.82, 2.24) is 4.90 Å². The van der Waals surface area contributed by atoms with E-state index in [1.165, 1.54) is 6.07 Å². The number of benzene rings is 2. The van der Waals surface area contributed by atoms with Gasteiger partial charge in [0.15, 0.2) is 0 Å². The molecular formula is C26H30F3NO3. The molecule has 1 aliphatic carbocycles. The molecule has 4 nitrogen and oxygen atoms in total. The number of hydrogen-bond donors (Lipinski definition) is 1. The Balaban J connectivity index is 1.60. The fourth-order valence-electron chi connectivity index (χ4n) is 5.10. The molecule has 4 rings (SSSR count). The summed E-state index contributed by atoms with van der Waals surface area (Å²) in [6.07, 6.45) is 0.0351. The molecule has 2 fully saturated rings. The van der Waals surface area contributed by atoms with Gasteiger partial charge in [-0.3, -0.25) is 9.69 Å². The molecule has 1 saturated heterocycles. The quantitative estimate of drug-likeness (QED) is 0.504. The average molecular weight is 462 g/mol. The van der Waals surface area contributed by atoms with Crippen molar-refractivity contribution in [3.05, 3.63) is 53.6 Å². The predicted molar refractivity (Wildman–Crippen MR) is 121 cm³/mol. The normalized spacial score (nSPS) is 20.8. The largest absolute Gasteiger partial charge is 0.490 e. The molecule has 1 heterocycles. The molecule has 1 aliphatic heterocycles. The van der Waals surface area contributed by atoms with E-state index in [1.807, 2.05) is 6.07 Å². The Kier molecular flexibility index (Phi) is 6.98. The van der Waals surface area contributed by atoms with Crippen LogP contribution in [0, 0.1) is 5.92 Å². The molecule has 2 aromatic carbocycles. The number of aliphatic carboxylic acids is 1.